The van der Waals surface area contributed by atoms with Crippen LogP contribution < -0.4 is 10.2 Å². The average molecular weight is 495 g/mol. The number of aromatic nitrogens is 1. The van der Waals surface area contributed by atoms with E-state index in [1.807, 2.05) is 12.3 Å². The highest BCUT2D eigenvalue weighted by molar-refractivity contribution is 7.19. The van der Waals surface area contributed by atoms with E-state index in [1.54, 1.807) is 11.3 Å². The van der Waals surface area contributed by atoms with Crippen LogP contribution in [0.2, 0.25) is 5.02 Å². The second kappa shape index (κ2) is 8.63. The van der Waals surface area contributed by atoms with Gasteiger partial charge in [0, 0.05) is 64.4 Å². The van der Waals surface area contributed by atoms with E-state index in [4.69, 9.17) is 11.6 Å². The number of nitrogens with zero attached hydrogens (tertiary/aromatic N) is 3. The molecule has 0 spiro atoms. The number of likely N-dealkylation sites (tertiary alicyclic amines) is 1. The predicted molar refractivity (Wildman–Crippen MR) is 136 cm³/mol. The van der Waals surface area contributed by atoms with Crippen LogP contribution in [0.25, 0.3) is 21.3 Å². The number of nitrogens with one attached hydrogen (secondary N) is 1. The summed E-state index contributed by atoms with van der Waals surface area (Å²) < 4.78 is 1.07. The second-order valence-corrected chi connectivity index (χ2v) is 11.1. The number of aryl methyl sites for hydroxylation is 1. The zero-order valence-corrected chi connectivity index (χ0v) is 20.7. The van der Waals surface area contributed by atoms with Gasteiger partial charge in [0.1, 0.15) is 0 Å². The molecule has 176 valence electrons. The highest BCUT2D eigenvalue weighted by Gasteiger charge is 2.34. The number of imide groups is 1. The number of benzene rings is 1. The Bertz CT molecular complexity index is 1280. The zero-order valence-electron chi connectivity index (χ0n) is 19.1. The Morgan fingerprint density at radius 2 is 1.94 bits per heavy atom. The summed E-state index contributed by atoms with van der Waals surface area (Å²) >= 11 is 8.27. The Kier molecular flexibility index (Phi) is 5.59. The number of thiophene rings is 1. The van der Waals surface area contributed by atoms with E-state index >= 15 is 0 Å². The Morgan fingerprint density at radius 3 is 2.71 bits per heavy atom. The quantitative estimate of drug-likeness (QED) is 0.529. The number of carbonyl (C=O) groups is 2. The molecule has 1 aromatic carbocycles. The standard InChI is InChI=1S/C26H27ClN4O2S/c1-15-2-3-16-10-17(27)11-21(25(16)31(15)18-6-8-28-13-18)20-7-9-29-22-12-19(34-26(20)22)14-30-23(32)4-5-24(30)33/h7,9-12,15,18,28H,2-6,8,13-14H2,1H3/t15-,18+/m0/s1. The minimum absolute atomic E-state index is 0.0886. The molecule has 0 aliphatic carbocycles. The van der Waals surface area contributed by atoms with Gasteiger partial charge < -0.3 is 10.2 Å². The molecule has 0 saturated carbocycles. The van der Waals surface area contributed by atoms with Gasteiger partial charge in [0.15, 0.2) is 0 Å². The fraction of sp³-hybridized carbons (Fsp3) is 0.423. The number of anilines is 1. The first-order valence-electron chi connectivity index (χ1n) is 12.0. The maximum Gasteiger partial charge on any atom is 0.230 e. The van der Waals surface area contributed by atoms with Crippen LogP contribution in [-0.2, 0) is 22.6 Å². The summed E-state index contributed by atoms with van der Waals surface area (Å²) in [6, 6.07) is 9.24. The summed E-state index contributed by atoms with van der Waals surface area (Å²) in [6.45, 7) is 4.70. The van der Waals surface area contributed by atoms with E-state index in [0.717, 1.165) is 63.6 Å². The predicted octanol–water partition coefficient (Wildman–Crippen LogP) is 4.77. The van der Waals surface area contributed by atoms with Crippen molar-refractivity contribution in [2.75, 3.05) is 18.0 Å². The maximum atomic E-state index is 12.2. The summed E-state index contributed by atoms with van der Waals surface area (Å²) in [6.07, 6.45) is 5.75. The van der Waals surface area contributed by atoms with Gasteiger partial charge in [0.05, 0.1) is 16.8 Å². The van der Waals surface area contributed by atoms with Crippen LogP contribution in [0.5, 0.6) is 0 Å². The fourth-order valence-electron chi connectivity index (χ4n) is 5.73. The molecule has 2 aromatic heterocycles. The normalized spacial score (nSPS) is 22.8. The molecule has 3 aliphatic rings. The van der Waals surface area contributed by atoms with E-state index in [-0.39, 0.29) is 11.8 Å². The lowest BCUT2D eigenvalue weighted by atomic mass is 9.89. The number of carbonyl (C=O) groups excluding carboxylic acids is 2. The Morgan fingerprint density at radius 1 is 1.12 bits per heavy atom. The fourth-order valence-corrected chi connectivity index (χ4v) is 7.10. The summed E-state index contributed by atoms with van der Waals surface area (Å²) in [7, 11) is 0. The number of amides is 2. The number of hydrogen-bond acceptors (Lipinski definition) is 6. The van der Waals surface area contributed by atoms with Gasteiger partial charge in [-0.15, -0.1) is 11.3 Å². The Labute approximate surface area is 207 Å². The van der Waals surface area contributed by atoms with Gasteiger partial charge in [0.2, 0.25) is 11.8 Å². The van der Waals surface area contributed by atoms with Crippen LogP contribution in [0, 0.1) is 0 Å². The molecule has 8 heteroatoms. The van der Waals surface area contributed by atoms with Crippen molar-refractivity contribution >= 4 is 50.7 Å². The average Bonchev–Trinajstić information content (AvgIpc) is 3.56. The third-order valence-corrected chi connectivity index (χ3v) is 8.73. The van der Waals surface area contributed by atoms with E-state index < -0.39 is 0 Å². The number of fused-ring (bicyclic) bond motifs is 2. The van der Waals surface area contributed by atoms with Gasteiger partial charge in [-0.2, -0.15) is 0 Å². The highest BCUT2D eigenvalue weighted by atomic mass is 35.5. The molecule has 5 heterocycles. The van der Waals surface area contributed by atoms with Crippen LogP contribution in [0.3, 0.4) is 0 Å². The molecule has 34 heavy (non-hydrogen) atoms. The molecule has 1 N–H and O–H groups in total. The largest absolute Gasteiger partial charge is 0.364 e. The van der Waals surface area contributed by atoms with E-state index in [9.17, 15) is 9.59 Å². The van der Waals surface area contributed by atoms with Crippen molar-refractivity contribution in [1.82, 2.24) is 15.2 Å². The molecule has 0 radical (unpaired) electrons. The molecule has 0 unspecified atom stereocenters. The number of rotatable bonds is 4. The first-order chi connectivity index (χ1) is 16.5. The summed E-state index contributed by atoms with van der Waals surface area (Å²) in [5.41, 5.74) is 5.76. The number of halogens is 1. The zero-order chi connectivity index (χ0) is 23.4. The van der Waals surface area contributed by atoms with Crippen molar-refractivity contribution in [2.24, 2.45) is 0 Å². The van der Waals surface area contributed by atoms with E-state index in [0.29, 0.717) is 31.5 Å². The molecule has 3 aromatic rings. The molecule has 6 nitrogen and oxygen atoms in total. The molecule has 2 amide bonds. The third kappa shape index (κ3) is 3.70. The van der Waals surface area contributed by atoms with Gasteiger partial charge in [-0.3, -0.25) is 19.5 Å². The second-order valence-electron chi connectivity index (χ2n) is 9.56. The van der Waals surface area contributed by atoms with E-state index in [2.05, 4.69) is 40.3 Å². The smallest absolute Gasteiger partial charge is 0.230 e. The topological polar surface area (TPSA) is 65.5 Å². The first kappa shape index (κ1) is 22.0. The highest BCUT2D eigenvalue weighted by Crippen LogP contribution is 2.46. The molecular formula is C26H27ClN4O2S. The minimum atomic E-state index is -0.0886. The lowest BCUT2D eigenvalue weighted by molar-refractivity contribution is -0.138. The van der Waals surface area contributed by atoms with Crippen molar-refractivity contribution < 1.29 is 9.59 Å². The SMILES string of the molecule is C[C@H]1CCc2cc(Cl)cc(-c3ccnc4cc(CN5C(=O)CCC5=O)sc34)c2N1[C@@H]1CCNC1. The van der Waals surface area contributed by atoms with Crippen molar-refractivity contribution in [2.45, 2.75) is 57.7 Å². The van der Waals surface area contributed by atoms with Crippen LogP contribution in [0.15, 0.2) is 30.5 Å². The van der Waals surface area contributed by atoms with Crippen molar-refractivity contribution in [1.29, 1.82) is 0 Å². The molecule has 2 atom stereocenters. The van der Waals surface area contributed by atoms with Crippen molar-refractivity contribution in [3.8, 4) is 11.1 Å². The third-order valence-electron chi connectivity index (χ3n) is 7.37. The van der Waals surface area contributed by atoms with Gasteiger partial charge in [-0.05, 0) is 62.6 Å². The minimum Gasteiger partial charge on any atom is -0.364 e. The molecule has 3 aliphatic heterocycles. The summed E-state index contributed by atoms with van der Waals surface area (Å²) in [5.74, 6) is -0.177. The summed E-state index contributed by atoms with van der Waals surface area (Å²) in [5, 5.41) is 4.28. The van der Waals surface area contributed by atoms with Crippen molar-refractivity contribution in [3.05, 3.63) is 45.9 Å². The monoisotopic (exact) mass is 494 g/mol. The lowest BCUT2D eigenvalue weighted by Crippen LogP contribution is -2.46. The van der Waals surface area contributed by atoms with Crippen LogP contribution in [0.4, 0.5) is 5.69 Å². The van der Waals surface area contributed by atoms with Crippen LogP contribution in [-0.4, -0.2) is 46.9 Å². The van der Waals surface area contributed by atoms with Gasteiger partial charge in [0.25, 0.3) is 0 Å². The summed E-state index contributed by atoms with van der Waals surface area (Å²) in [4.78, 5) is 33.9. The Hall–Kier alpha value is -2.48. The lowest BCUT2D eigenvalue weighted by Gasteiger charge is -2.42. The maximum absolute atomic E-state index is 12.2. The number of hydrogen-bond donors (Lipinski definition) is 1. The van der Waals surface area contributed by atoms with Gasteiger partial charge in [-0.1, -0.05) is 11.6 Å². The molecule has 2 saturated heterocycles. The van der Waals surface area contributed by atoms with Crippen LogP contribution >= 0.6 is 22.9 Å². The molecule has 0 bridgehead atoms. The Balaban J connectivity index is 1.47. The molecule has 6 rings (SSSR count). The van der Waals surface area contributed by atoms with Crippen molar-refractivity contribution in [3.63, 3.8) is 0 Å². The van der Waals surface area contributed by atoms with Crippen LogP contribution in [0.1, 0.15) is 43.0 Å². The van der Waals surface area contributed by atoms with Gasteiger partial charge in [-0.25, -0.2) is 0 Å². The molecule has 2 fully saturated rings. The van der Waals surface area contributed by atoms with E-state index in [1.165, 1.54) is 16.2 Å². The number of pyridine rings is 1. The first-order valence-corrected chi connectivity index (χ1v) is 13.2. The molecular weight excluding hydrogens is 468 g/mol. The van der Waals surface area contributed by atoms with Gasteiger partial charge >= 0.3 is 0 Å².